The van der Waals surface area contributed by atoms with Gasteiger partial charge in [0.05, 0.1) is 0 Å². The fraction of sp³-hybridized carbons (Fsp3) is 0.600. The summed E-state index contributed by atoms with van der Waals surface area (Å²) in [7, 11) is 0. The quantitative estimate of drug-likeness (QED) is 0.721. The molecule has 1 N–H and O–H groups in total. The number of aryl methyl sites for hydroxylation is 2. The van der Waals surface area contributed by atoms with Crippen molar-refractivity contribution < 1.29 is 0 Å². The summed E-state index contributed by atoms with van der Waals surface area (Å²) < 4.78 is 0. The molecule has 0 aliphatic carbocycles. The molecule has 0 aromatic carbocycles. The molecule has 1 atom stereocenters. The van der Waals surface area contributed by atoms with E-state index in [1.54, 1.807) is 0 Å². The summed E-state index contributed by atoms with van der Waals surface area (Å²) in [4.78, 5) is 8.41. The van der Waals surface area contributed by atoms with Crippen molar-refractivity contribution in [1.29, 1.82) is 0 Å². The van der Waals surface area contributed by atoms with Gasteiger partial charge in [-0.2, -0.15) is 0 Å². The van der Waals surface area contributed by atoms with Gasteiger partial charge >= 0.3 is 0 Å². The average Bonchev–Trinajstić information content (AvgIpc) is 2.54. The maximum absolute atomic E-state index is 5.79. The summed E-state index contributed by atoms with van der Waals surface area (Å²) in [5, 5.41) is 3.71. The van der Waals surface area contributed by atoms with Crippen LogP contribution in [0.1, 0.15) is 29.3 Å². The van der Waals surface area contributed by atoms with E-state index in [-0.39, 0.29) is 0 Å². The lowest BCUT2D eigenvalue weighted by Gasteiger charge is -2.14. The Morgan fingerprint density at radius 1 is 1.29 bits per heavy atom. The van der Waals surface area contributed by atoms with Crippen LogP contribution < -0.4 is 5.32 Å². The van der Waals surface area contributed by atoms with Gasteiger partial charge in [0.25, 0.3) is 0 Å². The number of nitrogens with zero attached hydrogens (tertiary/aromatic N) is 2. The van der Waals surface area contributed by atoms with Crippen molar-refractivity contribution in [3.05, 3.63) is 22.2 Å². The number of aromatic nitrogens is 2. The van der Waals surface area contributed by atoms with Crippen LogP contribution in [-0.2, 0) is 0 Å². The molecule has 1 aromatic heterocycles. The summed E-state index contributed by atoms with van der Waals surface area (Å²) in [6, 6.07) is 0. The van der Waals surface area contributed by atoms with E-state index in [2.05, 4.69) is 15.3 Å². The highest BCUT2D eigenvalue weighted by molar-refractivity contribution is 6.28. The van der Waals surface area contributed by atoms with E-state index in [1.807, 2.05) is 13.8 Å². The van der Waals surface area contributed by atoms with Crippen molar-refractivity contribution in [2.75, 3.05) is 13.1 Å². The fourth-order valence-corrected chi connectivity index (χ4v) is 2.43. The molecule has 4 heteroatoms. The maximum Gasteiger partial charge on any atom is 0.222 e. The largest absolute Gasteiger partial charge is 0.316 e. The Balaban J connectivity index is 2.40. The lowest BCUT2D eigenvalue weighted by molar-refractivity contribution is 0.733. The fourth-order valence-electron chi connectivity index (χ4n) is 2.18. The normalized spacial score (nSPS) is 21.5. The number of halogens is 1. The van der Waals surface area contributed by atoms with Crippen molar-refractivity contribution in [2.24, 2.45) is 0 Å². The summed E-state index contributed by atoms with van der Waals surface area (Å²) >= 11 is 5.79. The lowest BCUT2D eigenvalue weighted by atomic mass is 9.96. The van der Waals surface area contributed by atoms with Crippen LogP contribution in [0.25, 0.3) is 0 Å². The second-order valence-corrected chi connectivity index (χ2v) is 4.10. The zero-order chi connectivity index (χ0) is 10.1. The monoisotopic (exact) mass is 211 g/mol. The van der Waals surface area contributed by atoms with E-state index in [4.69, 9.17) is 11.6 Å². The number of hydrogen-bond donors (Lipinski definition) is 1. The van der Waals surface area contributed by atoms with Gasteiger partial charge in [-0.3, -0.25) is 0 Å². The van der Waals surface area contributed by atoms with Crippen LogP contribution in [0.3, 0.4) is 0 Å². The number of nitrogens with one attached hydrogen (secondary N) is 1. The molecule has 0 bridgehead atoms. The van der Waals surface area contributed by atoms with Crippen LogP contribution in [0.2, 0.25) is 5.28 Å². The van der Waals surface area contributed by atoms with E-state index in [9.17, 15) is 0 Å². The Kier molecular flexibility index (Phi) is 2.70. The zero-order valence-electron chi connectivity index (χ0n) is 8.47. The van der Waals surface area contributed by atoms with Crippen molar-refractivity contribution in [3.63, 3.8) is 0 Å². The highest BCUT2D eigenvalue weighted by atomic mass is 35.5. The number of rotatable bonds is 1. The van der Waals surface area contributed by atoms with Gasteiger partial charge in [-0.1, -0.05) is 0 Å². The second-order valence-electron chi connectivity index (χ2n) is 3.77. The third-order valence-electron chi connectivity index (χ3n) is 2.77. The van der Waals surface area contributed by atoms with E-state index in [0.29, 0.717) is 11.2 Å². The molecule has 2 rings (SSSR count). The molecule has 1 aliphatic heterocycles. The first-order valence-electron chi connectivity index (χ1n) is 4.90. The second kappa shape index (κ2) is 3.83. The van der Waals surface area contributed by atoms with Gasteiger partial charge in [0, 0.05) is 23.9 Å². The van der Waals surface area contributed by atoms with Crippen molar-refractivity contribution in [1.82, 2.24) is 15.3 Å². The predicted octanol–water partition coefficient (Wildman–Crippen LogP) is 1.82. The Bertz CT molecular complexity index is 322. The summed E-state index contributed by atoms with van der Waals surface area (Å²) in [5.41, 5.74) is 3.33. The van der Waals surface area contributed by atoms with E-state index < -0.39 is 0 Å². The molecule has 0 spiro atoms. The molecule has 0 saturated carbocycles. The zero-order valence-corrected chi connectivity index (χ0v) is 9.23. The summed E-state index contributed by atoms with van der Waals surface area (Å²) in [6.45, 7) is 6.14. The van der Waals surface area contributed by atoms with Gasteiger partial charge in [-0.15, -0.1) is 0 Å². The van der Waals surface area contributed by atoms with Gasteiger partial charge in [0.15, 0.2) is 0 Å². The highest BCUT2D eigenvalue weighted by Gasteiger charge is 2.21. The summed E-state index contributed by atoms with van der Waals surface area (Å²) in [5.74, 6) is 0.562. The highest BCUT2D eigenvalue weighted by Crippen LogP contribution is 2.27. The van der Waals surface area contributed by atoms with Crippen molar-refractivity contribution >= 4 is 11.6 Å². The lowest BCUT2D eigenvalue weighted by Crippen LogP contribution is -2.11. The molecule has 1 aliphatic rings. The Labute approximate surface area is 88.9 Å². The van der Waals surface area contributed by atoms with Gasteiger partial charge < -0.3 is 5.32 Å². The van der Waals surface area contributed by atoms with Crippen LogP contribution in [0.15, 0.2) is 0 Å². The van der Waals surface area contributed by atoms with Gasteiger partial charge in [0.2, 0.25) is 5.28 Å². The Morgan fingerprint density at radius 3 is 2.43 bits per heavy atom. The first-order chi connectivity index (χ1) is 6.68. The molecule has 0 amide bonds. The molecule has 1 saturated heterocycles. The smallest absolute Gasteiger partial charge is 0.222 e. The molecular formula is C10H14ClN3. The van der Waals surface area contributed by atoms with Crippen LogP contribution in [0, 0.1) is 13.8 Å². The average molecular weight is 212 g/mol. The van der Waals surface area contributed by atoms with E-state index in [1.165, 1.54) is 12.0 Å². The topological polar surface area (TPSA) is 37.8 Å². The molecule has 1 unspecified atom stereocenters. The third-order valence-corrected chi connectivity index (χ3v) is 2.94. The van der Waals surface area contributed by atoms with Crippen LogP contribution in [-0.4, -0.2) is 23.1 Å². The maximum atomic E-state index is 5.79. The predicted molar refractivity (Wildman–Crippen MR) is 56.7 cm³/mol. The number of hydrogen-bond acceptors (Lipinski definition) is 3. The SMILES string of the molecule is Cc1nc(Cl)nc(C)c1C1CCNC1. The van der Waals surface area contributed by atoms with Crippen molar-refractivity contribution in [3.8, 4) is 0 Å². The van der Waals surface area contributed by atoms with Crippen LogP contribution >= 0.6 is 11.6 Å². The minimum absolute atomic E-state index is 0.356. The molecule has 2 heterocycles. The van der Waals surface area contributed by atoms with Gasteiger partial charge in [-0.05, 0) is 44.0 Å². The van der Waals surface area contributed by atoms with Crippen molar-refractivity contribution in [2.45, 2.75) is 26.2 Å². The van der Waals surface area contributed by atoms with Gasteiger partial charge in [0.1, 0.15) is 0 Å². The van der Waals surface area contributed by atoms with E-state index >= 15 is 0 Å². The minimum atomic E-state index is 0.356. The molecule has 1 fully saturated rings. The standard InChI is InChI=1S/C10H14ClN3/c1-6-9(8-3-4-12-5-8)7(2)14-10(11)13-6/h8,12H,3-5H2,1-2H3. The molecule has 76 valence electrons. The van der Waals surface area contributed by atoms with Gasteiger partial charge in [-0.25, -0.2) is 9.97 Å². The first-order valence-corrected chi connectivity index (χ1v) is 5.27. The van der Waals surface area contributed by atoms with Crippen LogP contribution in [0.5, 0.6) is 0 Å². The Hall–Kier alpha value is -0.670. The molecule has 14 heavy (non-hydrogen) atoms. The molecule has 3 nitrogen and oxygen atoms in total. The van der Waals surface area contributed by atoms with Crippen LogP contribution in [0.4, 0.5) is 0 Å². The Morgan fingerprint density at radius 2 is 1.93 bits per heavy atom. The molecular weight excluding hydrogens is 198 g/mol. The first kappa shape index (κ1) is 9.87. The minimum Gasteiger partial charge on any atom is -0.316 e. The molecule has 0 radical (unpaired) electrons. The molecule has 1 aromatic rings. The summed E-state index contributed by atoms with van der Waals surface area (Å²) in [6.07, 6.45) is 1.17. The van der Waals surface area contributed by atoms with E-state index in [0.717, 1.165) is 24.5 Å². The third kappa shape index (κ3) is 1.74.